The lowest BCUT2D eigenvalue weighted by Gasteiger charge is -2.40. The summed E-state index contributed by atoms with van der Waals surface area (Å²) < 4.78 is 11.2. The molecule has 0 fully saturated rings. The van der Waals surface area contributed by atoms with Crippen LogP contribution in [0.2, 0.25) is 5.02 Å². The van der Waals surface area contributed by atoms with Gasteiger partial charge in [0.2, 0.25) is 11.8 Å². The van der Waals surface area contributed by atoms with Gasteiger partial charge in [0.1, 0.15) is 16.7 Å². The van der Waals surface area contributed by atoms with Gasteiger partial charge in [0.15, 0.2) is 5.78 Å². The molecule has 34 heavy (non-hydrogen) atoms. The maximum absolute atomic E-state index is 14.0. The molecule has 174 valence electrons. The number of carbonyl (C=O) groups excluding carboxylic acids is 3. The Morgan fingerprint density at radius 2 is 1.97 bits per heavy atom. The Balaban J connectivity index is 1.75. The molecule has 0 saturated heterocycles. The summed E-state index contributed by atoms with van der Waals surface area (Å²) in [7, 11) is 1.62. The number of nitrogens with zero attached hydrogens (tertiary/aromatic N) is 1. The average Bonchev–Trinajstić information content (AvgIpc) is 3.01. The summed E-state index contributed by atoms with van der Waals surface area (Å²) in [5.74, 6) is -1.64. The van der Waals surface area contributed by atoms with Crippen molar-refractivity contribution in [2.24, 2.45) is 5.73 Å². The summed E-state index contributed by atoms with van der Waals surface area (Å²) in [6.07, 6.45) is 0.471. The van der Waals surface area contributed by atoms with Crippen molar-refractivity contribution in [1.29, 1.82) is 0 Å². The molecule has 2 aromatic rings. The Labute approximate surface area is 201 Å². The van der Waals surface area contributed by atoms with E-state index >= 15 is 0 Å². The second-order valence-corrected chi connectivity index (χ2v) is 9.01. The first-order valence-electron chi connectivity index (χ1n) is 11.1. The number of hydrogen-bond donors (Lipinski definition) is 1. The number of carbonyl (C=O) groups is 3. The quantitative estimate of drug-likeness (QED) is 0.675. The first kappa shape index (κ1) is 22.2. The summed E-state index contributed by atoms with van der Waals surface area (Å²) in [5.41, 5.74) is 6.60. The van der Waals surface area contributed by atoms with Crippen LogP contribution in [0.5, 0.6) is 0 Å². The number of likely N-dealkylation sites (N-methyl/N-ethyl adjacent to an activating group) is 1. The van der Waals surface area contributed by atoms with Gasteiger partial charge < -0.3 is 20.1 Å². The van der Waals surface area contributed by atoms with Crippen molar-refractivity contribution >= 4 is 34.9 Å². The highest BCUT2D eigenvalue weighted by Crippen LogP contribution is 2.56. The fourth-order valence-corrected chi connectivity index (χ4v) is 5.58. The number of nitrogens with two attached hydrogens (primary N) is 1. The number of benzene rings is 2. The van der Waals surface area contributed by atoms with E-state index in [0.717, 1.165) is 5.56 Å². The zero-order valence-corrected chi connectivity index (χ0v) is 19.5. The number of allylic oxidation sites excluding steroid dienone is 1. The van der Waals surface area contributed by atoms with Gasteiger partial charge in [-0.1, -0.05) is 41.9 Å². The number of Topliss-reactive ketones (excluding diaryl/α,β-unsaturated/α-hetero) is 1. The van der Waals surface area contributed by atoms with Crippen molar-refractivity contribution in [1.82, 2.24) is 0 Å². The fourth-order valence-electron chi connectivity index (χ4n) is 5.38. The molecule has 8 heteroatoms. The molecule has 1 spiro atoms. The third kappa shape index (κ3) is 3.00. The highest BCUT2D eigenvalue weighted by molar-refractivity contribution is 6.30. The SMILES string of the molecule is CCOC(=O)C1=C(N)OC2=C(C(=O)C[C@H](c3cccc(Cl)c3)C2)[C@@]12C(=O)N(C)c1ccccc12. The van der Waals surface area contributed by atoms with Crippen molar-refractivity contribution in [3.8, 4) is 0 Å². The van der Waals surface area contributed by atoms with Crippen LogP contribution in [-0.2, 0) is 29.3 Å². The summed E-state index contributed by atoms with van der Waals surface area (Å²) in [5, 5.41) is 0.566. The van der Waals surface area contributed by atoms with E-state index in [4.69, 9.17) is 26.8 Å². The average molecular weight is 479 g/mol. The van der Waals surface area contributed by atoms with Gasteiger partial charge in [-0.05, 0) is 36.6 Å². The Bertz CT molecular complexity index is 1310. The number of ether oxygens (including phenoxy) is 2. The largest absolute Gasteiger partial charge is 0.462 e. The summed E-state index contributed by atoms with van der Waals surface area (Å²) >= 11 is 6.18. The highest BCUT2D eigenvalue weighted by atomic mass is 35.5. The number of rotatable bonds is 3. The highest BCUT2D eigenvalue weighted by Gasteiger charge is 2.63. The van der Waals surface area contributed by atoms with Crippen molar-refractivity contribution in [2.45, 2.75) is 31.1 Å². The van der Waals surface area contributed by atoms with Crippen molar-refractivity contribution in [3.63, 3.8) is 0 Å². The predicted molar refractivity (Wildman–Crippen MR) is 126 cm³/mol. The van der Waals surface area contributed by atoms with E-state index in [1.54, 1.807) is 44.3 Å². The second kappa shape index (κ2) is 8.02. The Morgan fingerprint density at radius 3 is 2.71 bits per heavy atom. The molecule has 2 heterocycles. The zero-order valence-electron chi connectivity index (χ0n) is 18.8. The third-order valence-corrected chi connectivity index (χ3v) is 6.98. The number of para-hydroxylation sites is 1. The maximum atomic E-state index is 14.0. The lowest BCUT2D eigenvalue weighted by Crippen LogP contribution is -2.51. The molecule has 0 unspecified atom stereocenters. The van der Waals surface area contributed by atoms with Crippen LogP contribution in [0, 0.1) is 0 Å². The summed E-state index contributed by atoms with van der Waals surface area (Å²) in [6, 6.07) is 14.4. The number of fused-ring (bicyclic) bond motifs is 3. The van der Waals surface area contributed by atoms with E-state index in [2.05, 4.69) is 0 Å². The van der Waals surface area contributed by atoms with E-state index in [9.17, 15) is 14.4 Å². The molecule has 2 aromatic carbocycles. The van der Waals surface area contributed by atoms with E-state index in [-0.39, 0.29) is 41.8 Å². The minimum atomic E-state index is -1.72. The van der Waals surface area contributed by atoms with Crippen molar-refractivity contribution in [2.75, 3.05) is 18.6 Å². The molecule has 3 aliphatic rings. The summed E-state index contributed by atoms with van der Waals surface area (Å²) in [6.45, 7) is 1.74. The van der Waals surface area contributed by atoms with Crippen molar-refractivity contribution in [3.05, 3.63) is 87.5 Å². The van der Waals surface area contributed by atoms with Gasteiger partial charge in [-0.25, -0.2) is 4.79 Å². The van der Waals surface area contributed by atoms with Crippen LogP contribution in [-0.4, -0.2) is 31.3 Å². The Hall–Kier alpha value is -3.58. The van der Waals surface area contributed by atoms with Gasteiger partial charge >= 0.3 is 5.97 Å². The van der Waals surface area contributed by atoms with E-state index < -0.39 is 17.3 Å². The summed E-state index contributed by atoms with van der Waals surface area (Å²) in [4.78, 5) is 42.4. The van der Waals surface area contributed by atoms with Gasteiger partial charge in [0.05, 0.1) is 12.2 Å². The Kier molecular flexibility index (Phi) is 5.24. The van der Waals surface area contributed by atoms with Crippen LogP contribution >= 0.6 is 11.6 Å². The lowest BCUT2D eigenvalue weighted by molar-refractivity contribution is -0.141. The van der Waals surface area contributed by atoms with Crippen LogP contribution < -0.4 is 10.6 Å². The van der Waals surface area contributed by atoms with Gasteiger partial charge in [0.25, 0.3) is 0 Å². The molecule has 7 nitrogen and oxygen atoms in total. The van der Waals surface area contributed by atoms with Crippen LogP contribution in [0.15, 0.2) is 71.3 Å². The molecule has 1 aliphatic carbocycles. The topological polar surface area (TPSA) is 98.9 Å². The molecule has 2 aliphatic heterocycles. The van der Waals surface area contributed by atoms with E-state index in [0.29, 0.717) is 28.5 Å². The van der Waals surface area contributed by atoms with E-state index in [1.165, 1.54) is 4.90 Å². The van der Waals surface area contributed by atoms with Crippen LogP contribution in [0.25, 0.3) is 0 Å². The van der Waals surface area contributed by atoms with Gasteiger partial charge in [-0.3, -0.25) is 9.59 Å². The zero-order chi connectivity index (χ0) is 24.2. The molecular weight excluding hydrogens is 456 g/mol. The minimum Gasteiger partial charge on any atom is -0.462 e. The number of ketones is 1. The van der Waals surface area contributed by atoms with Crippen LogP contribution in [0.4, 0.5) is 5.69 Å². The van der Waals surface area contributed by atoms with Crippen LogP contribution in [0.3, 0.4) is 0 Å². The fraction of sp³-hybridized carbons (Fsp3) is 0.269. The molecule has 0 bridgehead atoms. The van der Waals surface area contributed by atoms with Gasteiger partial charge in [-0.15, -0.1) is 0 Å². The monoisotopic (exact) mass is 478 g/mol. The number of halogens is 1. The molecule has 2 atom stereocenters. The number of amides is 1. The van der Waals surface area contributed by atoms with E-state index in [1.807, 2.05) is 18.2 Å². The van der Waals surface area contributed by atoms with Gasteiger partial charge in [-0.2, -0.15) is 0 Å². The minimum absolute atomic E-state index is 0.0774. The first-order valence-corrected chi connectivity index (χ1v) is 11.4. The maximum Gasteiger partial charge on any atom is 0.341 e. The molecular formula is C26H23ClN2O5. The number of anilines is 1. The smallest absolute Gasteiger partial charge is 0.341 e. The first-order chi connectivity index (χ1) is 16.3. The number of esters is 1. The molecule has 0 aromatic heterocycles. The number of hydrogen-bond acceptors (Lipinski definition) is 6. The molecule has 5 rings (SSSR count). The van der Waals surface area contributed by atoms with Crippen LogP contribution in [0.1, 0.15) is 36.8 Å². The predicted octanol–water partition coefficient (Wildman–Crippen LogP) is 3.72. The molecule has 1 amide bonds. The third-order valence-electron chi connectivity index (χ3n) is 6.75. The second-order valence-electron chi connectivity index (χ2n) is 8.57. The van der Waals surface area contributed by atoms with Crippen molar-refractivity contribution < 1.29 is 23.9 Å². The van der Waals surface area contributed by atoms with Gasteiger partial charge in [0, 0.05) is 36.2 Å². The molecule has 2 N–H and O–H groups in total. The standard InChI is InChI=1S/C26H23ClN2O5/c1-3-33-24(31)22-23(28)34-20-13-15(14-7-6-8-16(27)11-14)12-19(30)21(20)26(22)17-9-4-5-10-18(17)29(2)25(26)32/h4-11,15H,3,12-13,28H2,1-2H3/t15-,26+/m0/s1. The molecule has 0 saturated carbocycles. The molecule has 0 radical (unpaired) electrons. The normalized spacial score (nSPS) is 23.7. The lowest BCUT2D eigenvalue weighted by atomic mass is 9.63. The Morgan fingerprint density at radius 1 is 1.21 bits per heavy atom.